The van der Waals surface area contributed by atoms with E-state index in [0.29, 0.717) is 6.54 Å². The highest BCUT2D eigenvalue weighted by atomic mass is 14.7. The Kier molecular flexibility index (Phi) is 2.79. The van der Waals surface area contributed by atoms with Crippen molar-refractivity contribution in [3.63, 3.8) is 0 Å². The number of nitrogens with zero attached hydrogens (tertiary/aromatic N) is 1. The summed E-state index contributed by atoms with van der Waals surface area (Å²) in [6.07, 6.45) is 1.87. The van der Waals surface area contributed by atoms with Gasteiger partial charge >= 0.3 is 0 Å². The van der Waals surface area contributed by atoms with Gasteiger partial charge in [-0.1, -0.05) is 35.9 Å². The number of aromatic nitrogens is 1. The van der Waals surface area contributed by atoms with Gasteiger partial charge in [0.05, 0.1) is 5.69 Å². The number of hydrogen-bond donors (Lipinski definition) is 1. The van der Waals surface area contributed by atoms with Crippen molar-refractivity contribution >= 4 is 0 Å². The highest BCUT2D eigenvalue weighted by Crippen LogP contribution is 2.18. The maximum absolute atomic E-state index is 5.50. The van der Waals surface area contributed by atoms with Crippen molar-refractivity contribution in [2.45, 2.75) is 13.5 Å². The lowest BCUT2D eigenvalue weighted by Gasteiger charge is -2.02. The third-order valence-electron chi connectivity index (χ3n) is 2.42. The lowest BCUT2D eigenvalue weighted by molar-refractivity contribution is 0.991. The maximum atomic E-state index is 5.50. The molecule has 0 aliphatic rings. The molecule has 0 atom stereocenters. The number of rotatable bonds is 2. The van der Waals surface area contributed by atoms with Crippen LogP contribution in [0.4, 0.5) is 0 Å². The number of benzene rings is 1. The Balaban J connectivity index is 2.33. The Morgan fingerprint density at radius 2 is 1.67 bits per heavy atom. The third-order valence-corrected chi connectivity index (χ3v) is 2.42. The van der Waals surface area contributed by atoms with Crippen molar-refractivity contribution in [2.75, 3.05) is 0 Å². The van der Waals surface area contributed by atoms with E-state index >= 15 is 0 Å². The SMILES string of the molecule is Cc1ccc(-c2ccc(CN)nc2)cc1. The molecule has 0 fully saturated rings. The van der Waals surface area contributed by atoms with Gasteiger partial charge in [0.25, 0.3) is 0 Å². The molecular formula is C13H14N2. The van der Waals surface area contributed by atoms with Gasteiger partial charge in [-0.3, -0.25) is 4.98 Å². The fourth-order valence-corrected chi connectivity index (χ4v) is 1.46. The molecule has 0 saturated heterocycles. The Morgan fingerprint density at radius 1 is 1.00 bits per heavy atom. The summed E-state index contributed by atoms with van der Waals surface area (Å²) >= 11 is 0. The van der Waals surface area contributed by atoms with Crippen LogP contribution in [0.1, 0.15) is 11.3 Å². The molecule has 15 heavy (non-hydrogen) atoms. The molecule has 1 aromatic heterocycles. The van der Waals surface area contributed by atoms with Crippen LogP contribution in [-0.4, -0.2) is 4.98 Å². The number of nitrogens with two attached hydrogens (primary N) is 1. The normalized spacial score (nSPS) is 10.3. The lowest BCUT2D eigenvalue weighted by Crippen LogP contribution is -1.98. The van der Waals surface area contributed by atoms with E-state index in [1.807, 2.05) is 12.3 Å². The largest absolute Gasteiger partial charge is 0.325 e. The van der Waals surface area contributed by atoms with Gasteiger partial charge in [-0.25, -0.2) is 0 Å². The number of hydrogen-bond acceptors (Lipinski definition) is 2. The molecule has 2 N–H and O–H groups in total. The molecule has 2 aromatic rings. The molecule has 0 spiro atoms. The van der Waals surface area contributed by atoms with Gasteiger partial charge in [-0.15, -0.1) is 0 Å². The second-order valence-electron chi connectivity index (χ2n) is 3.61. The van der Waals surface area contributed by atoms with Gasteiger partial charge < -0.3 is 5.73 Å². The zero-order chi connectivity index (χ0) is 10.7. The Bertz CT molecular complexity index is 429. The smallest absolute Gasteiger partial charge is 0.0539 e. The third kappa shape index (κ3) is 2.22. The molecule has 0 radical (unpaired) electrons. The van der Waals surface area contributed by atoms with Crippen LogP contribution in [0.3, 0.4) is 0 Å². The van der Waals surface area contributed by atoms with Crippen LogP contribution >= 0.6 is 0 Å². The topological polar surface area (TPSA) is 38.9 Å². The van der Waals surface area contributed by atoms with Crippen LogP contribution in [0, 0.1) is 6.92 Å². The molecular weight excluding hydrogens is 184 g/mol. The summed E-state index contributed by atoms with van der Waals surface area (Å²) in [5.41, 5.74) is 10.0. The van der Waals surface area contributed by atoms with Crippen molar-refractivity contribution in [3.05, 3.63) is 53.9 Å². The fraction of sp³-hybridized carbons (Fsp3) is 0.154. The molecule has 0 amide bonds. The van der Waals surface area contributed by atoms with Crippen LogP contribution in [0.2, 0.25) is 0 Å². The van der Waals surface area contributed by atoms with E-state index in [1.54, 1.807) is 0 Å². The predicted molar refractivity (Wildman–Crippen MR) is 62.3 cm³/mol. The van der Waals surface area contributed by atoms with Gasteiger partial charge in [0.1, 0.15) is 0 Å². The van der Waals surface area contributed by atoms with Crippen LogP contribution in [0.25, 0.3) is 11.1 Å². The van der Waals surface area contributed by atoms with Crippen LogP contribution < -0.4 is 5.73 Å². The first-order valence-electron chi connectivity index (χ1n) is 5.01. The molecule has 0 saturated carbocycles. The van der Waals surface area contributed by atoms with E-state index in [-0.39, 0.29) is 0 Å². The number of pyridine rings is 1. The van der Waals surface area contributed by atoms with Crippen molar-refractivity contribution < 1.29 is 0 Å². The molecule has 0 aliphatic heterocycles. The molecule has 2 nitrogen and oxygen atoms in total. The number of aryl methyl sites for hydroxylation is 1. The summed E-state index contributed by atoms with van der Waals surface area (Å²) in [4.78, 5) is 4.27. The summed E-state index contributed by atoms with van der Waals surface area (Å²) in [6.45, 7) is 2.58. The summed E-state index contributed by atoms with van der Waals surface area (Å²) in [5.74, 6) is 0. The maximum Gasteiger partial charge on any atom is 0.0539 e. The van der Waals surface area contributed by atoms with Crippen molar-refractivity contribution in [1.29, 1.82) is 0 Å². The quantitative estimate of drug-likeness (QED) is 0.805. The minimum Gasteiger partial charge on any atom is -0.325 e. The van der Waals surface area contributed by atoms with E-state index < -0.39 is 0 Å². The fourth-order valence-electron chi connectivity index (χ4n) is 1.46. The Labute approximate surface area is 89.8 Å². The standard InChI is InChI=1S/C13H14N2/c1-10-2-4-11(5-3-10)12-6-7-13(8-14)15-9-12/h2-7,9H,8,14H2,1H3. The second-order valence-corrected chi connectivity index (χ2v) is 3.61. The van der Waals surface area contributed by atoms with E-state index in [4.69, 9.17) is 5.73 Å². The Morgan fingerprint density at radius 3 is 2.20 bits per heavy atom. The first-order valence-corrected chi connectivity index (χ1v) is 5.01. The minimum atomic E-state index is 0.494. The molecule has 76 valence electrons. The molecule has 0 unspecified atom stereocenters. The van der Waals surface area contributed by atoms with Crippen LogP contribution in [0.15, 0.2) is 42.6 Å². The Hall–Kier alpha value is -1.67. The molecule has 1 heterocycles. The summed E-state index contributed by atoms with van der Waals surface area (Å²) < 4.78 is 0. The molecule has 2 rings (SSSR count). The van der Waals surface area contributed by atoms with Crippen LogP contribution in [-0.2, 0) is 6.54 Å². The molecule has 0 bridgehead atoms. The first-order chi connectivity index (χ1) is 7.29. The van der Waals surface area contributed by atoms with Gasteiger partial charge in [-0.05, 0) is 18.6 Å². The summed E-state index contributed by atoms with van der Waals surface area (Å²) in [5, 5.41) is 0. The molecule has 1 aromatic carbocycles. The molecule has 0 aliphatic carbocycles. The first kappa shape index (κ1) is 9.87. The summed E-state index contributed by atoms with van der Waals surface area (Å²) in [7, 11) is 0. The highest BCUT2D eigenvalue weighted by molar-refractivity contribution is 5.62. The lowest BCUT2D eigenvalue weighted by atomic mass is 10.1. The van der Waals surface area contributed by atoms with E-state index in [0.717, 1.165) is 11.3 Å². The van der Waals surface area contributed by atoms with Gasteiger partial charge in [0, 0.05) is 18.3 Å². The van der Waals surface area contributed by atoms with Gasteiger partial charge in [0.2, 0.25) is 0 Å². The average molecular weight is 198 g/mol. The summed E-state index contributed by atoms with van der Waals surface area (Å²) in [6, 6.07) is 12.4. The zero-order valence-corrected chi connectivity index (χ0v) is 8.77. The van der Waals surface area contributed by atoms with Crippen LogP contribution in [0.5, 0.6) is 0 Å². The zero-order valence-electron chi connectivity index (χ0n) is 8.77. The monoisotopic (exact) mass is 198 g/mol. The van der Waals surface area contributed by atoms with E-state index in [1.165, 1.54) is 11.1 Å². The van der Waals surface area contributed by atoms with E-state index in [9.17, 15) is 0 Å². The van der Waals surface area contributed by atoms with Crippen molar-refractivity contribution in [1.82, 2.24) is 4.98 Å². The average Bonchev–Trinajstić information content (AvgIpc) is 2.30. The predicted octanol–water partition coefficient (Wildman–Crippen LogP) is 2.52. The molecule has 2 heteroatoms. The minimum absolute atomic E-state index is 0.494. The van der Waals surface area contributed by atoms with Crippen molar-refractivity contribution in [2.24, 2.45) is 5.73 Å². The van der Waals surface area contributed by atoms with E-state index in [2.05, 4.69) is 42.2 Å². The second kappa shape index (κ2) is 4.24. The highest BCUT2D eigenvalue weighted by Gasteiger charge is 1.97. The van der Waals surface area contributed by atoms with Gasteiger partial charge in [-0.2, -0.15) is 0 Å². The van der Waals surface area contributed by atoms with Gasteiger partial charge in [0.15, 0.2) is 0 Å². The van der Waals surface area contributed by atoms with Crippen molar-refractivity contribution in [3.8, 4) is 11.1 Å².